The third-order valence-electron chi connectivity index (χ3n) is 8.42. The van der Waals surface area contributed by atoms with Gasteiger partial charge in [0.1, 0.15) is 17.8 Å². The summed E-state index contributed by atoms with van der Waals surface area (Å²) >= 11 is 6.11. The van der Waals surface area contributed by atoms with Crippen LogP contribution < -0.4 is 20.7 Å². The number of carbonyl (C=O) groups is 2. The molecule has 0 unspecified atom stereocenters. The highest BCUT2D eigenvalue weighted by atomic mass is 35.5. The maximum Gasteiger partial charge on any atom is 0.416 e. The average Bonchev–Trinajstić information content (AvgIpc) is 3.38. The summed E-state index contributed by atoms with van der Waals surface area (Å²) in [5.41, 5.74) is -1.09. The number of nitrogens with one attached hydrogen (secondary N) is 1. The van der Waals surface area contributed by atoms with Crippen molar-refractivity contribution in [3.8, 4) is 0 Å². The molecule has 0 aliphatic carbocycles. The first kappa shape index (κ1) is 32.9. The van der Waals surface area contributed by atoms with E-state index in [0.717, 1.165) is 18.2 Å². The van der Waals surface area contributed by atoms with Crippen molar-refractivity contribution in [2.24, 2.45) is 5.41 Å². The Morgan fingerprint density at radius 3 is 2.32 bits per heavy atom. The van der Waals surface area contributed by atoms with Gasteiger partial charge in [0.2, 0.25) is 17.6 Å². The van der Waals surface area contributed by atoms with Crippen LogP contribution in [0.3, 0.4) is 0 Å². The number of hydrogen-bond acceptors (Lipinski definition) is 9. The zero-order chi connectivity index (χ0) is 33.9. The first-order valence-corrected chi connectivity index (χ1v) is 15.7. The molecule has 254 valence electrons. The number of aromatic nitrogens is 4. The molecule has 0 saturated carbocycles. The number of ether oxygens (including phenoxy) is 2. The Bertz CT molecular complexity index is 1770. The molecule has 13 nitrogen and oxygen atoms in total. The minimum atomic E-state index is -4.59. The molecule has 0 radical (unpaired) electrons. The van der Waals surface area contributed by atoms with Gasteiger partial charge >= 0.3 is 12.3 Å². The van der Waals surface area contributed by atoms with Crippen LogP contribution in [0.15, 0.2) is 23.0 Å². The van der Waals surface area contributed by atoms with Crippen molar-refractivity contribution >= 4 is 46.7 Å². The van der Waals surface area contributed by atoms with Gasteiger partial charge in [0.15, 0.2) is 0 Å². The van der Waals surface area contributed by atoms with E-state index in [2.05, 4.69) is 15.4 Å². The van der Waals surface area contributed by atoms with Gasteiger partial charge in [-0.3, -0.25) is 9.59 Å². The predicted molar refractivity (Wildman–Crippen MR) is 167 cm³/mol. The van der Waals surface area contributed by atoms with Crippen molar-refractivity contribution in [3.63, 3.8) is 0 Å². The van der Waals surface area contributed by atoms with E-state index in [1.54, 1.807) is 30.2 Å². The molecule has 1 spiro atoms. The summed E-state index contributed by atoms with van der Waals surface area (Å²) in [5.74, 6) is -0.0994. The summed E-state index contributed by atoms with van der Waals surface area (Å²) in [4.78, 5) is 50.3. The quantitative estimate of drug-likeness (QED) is 0.415. The van der Waals surface area contributed by atoms with Gasteiger partial charge in [-0.25, -0.2) is 4.79 Å². The lowest BCUT2D eigenvalue weighted by Crippen LogP contribution is -2.66. The Morgan fingerprint density at radius 2 is 1.77 bits per heavy atom. The number of rotatable bonds is 6. The highest BCUT2D eigenvalue weighted by Crippen LogP contribution is 2.39. The van der Waals surface area contributed by atoms with Crippen LogP contribution in [0.5, 0.6) is 0 Å². The summed E-state index contributed by atoms with van der Waals surface area (Å²) in [5, 5.41) is 6.88. The number of nitrogens with zero attached hydrogens (tertiary/aromatic N) is 7. The van der Waals surface area contributed by atoms with Crippen molar-refractivity contribution in [1.29, 1.82) is 0 Å². The molecule has 2 aromatic heterocycles. The van der Waals surface area contributed by atoms with E-state index in [9.17, 15) is 27.6 Å². The maximum atomic E-state index is 14.1. The van der Waals surface area contributed by atoms with Crippen molar-refractivity contribution in [2.45, 2.75) is 52.4 Å². The number of carbonyl (C=O) groups excluding carboxylic acids is 2. The smallest absolute Gasteiger partial charge is 0.416 e. The van der Waals surface area contributed by atoms with Crippen molar-refractivity contribution in [1.82, 2.24) is 24.1 Å². The molecular formula is C30H36ClF3N8O5. The Kier molecular flexibility index (Phi) is 8.31. The Morgan fingerprint density at radius 1 is 1.09 bits per heavy atom. The normalized spacial score (nSPS) is 17.9. The van der Waals surface area contributed by atoms with Crippen molar-refractivity contribution < 1.29 is 32.2 Å². The first-order chi connectivity index (χ1) is 22.1. The van der Waals surface area contributed by atoms with Crippen LogP contribution in [0, 0.1) is 5.41 Å². The number of piperazine rings is 1. The van der Waals surface area contributed by atoms with Crippen LogP contribution in [-0.4, -0.2) is 94.1 Å². The molecule has 17 heteroatoms. The number of hydrogen-bond donors (Lipinski definition) is 1. The highest BCUT2D eigenvalue weighted by molar-refractivity contribution is 6.33. The van der Waals surface area contributed by atoms with Gasteiger partial charge in [-0.1, -0.05) is 18.5 Å². The van der Waals surface area contributed by atoms with Gasteiger partial charge in [0.05, 0.1) is 40.6 Å². The van der Waals surface area contributed by atoms with E-state index in [1.807, 2.05) is 16.7 Å². The second-order valence-electron chi connectivity index (χ2n) is 13.2. The van der Waals surface area contributed by atoms with Crippen LogP contribution >= 0.6 is 11.6 Å². The zero-order valence-corrected chi connectivity index (χ0v) is 27.2. The first-order valence-electron chi connectivity index (χ1n) is 15.3. The van der Waals surface area contributed by atoms with Crippen molar-refractivity contribution in [3.05, 3.63) is 44.8 Å². The van der Waals surface area contributed by atoms with Crippen LogP contribution in [-0.2, 0) is 33.4 Å². The molecule has 2 amide bonds. The summed E-state index contributed by atoms with van der Waals surface area (Å²) in [6.45, 7) is 10.8. The molecule has 47 heavy (non-hydrogen) atoms. The van der Waals surface area contributed by atoms with Crippen molar-refractivity contribution in [2.75, 3.05) is 67.6 Å². The number of anilines is 3. The molecule has 0 atom stereocenters. The van der Waals surface area contributed by atoms with E-state index in [4.69, 9.17) is 21.1 Å². The van der Waals surface area contributed by atoms with Crippen LogP contribution in [0.2, 0.25) is 5.02 Å². The molecule has 0 bridgehead atoms. The van der Waals surface area contributed by atoms with Crippen LogP contribution in [0.1, 0.15) is 39.0 Å². The Labute approximate surface area is 273 Å². The number of halogens is 4. The topological polar surface area (TPSA) is 127 Å². The van der Waals surface area contributed by atoms with E-state index in [0.29, 0.717) is 76.2 Å². The summed E-state index contributed by atoms with van der Waals surface area (Å²) < 4.78 is 53.1. The standard InChI is InChI=1S/C30H36ClF3N8O5/c1-5-21-23(38-8-10-39(11-9-38)27(45)47-28(2,3)4)24(44)42-26(36-25(37-42)40-14-29(15-40)16-46-17-29)41(21)13-22(43)35-20-7-6-18(12-19(20)31)30(32,33)34/h6-7,12H,5,8-11,13-17H2,1-4H3,(H,35,43). The predicted octanol–water partition coefficient (Wildman–Crippen LogP) is 3.66. The molecule has 1 aromatic carbocycles. The molecule has 3 aliphatic heterocycles. The number of alkyl halides is 3. The van der Waals surface area contributed by atoms with E-state index in [1.165, 1.54) is 4.52 Å². The maximum absolute atomic E-state index is 14.1. The monoisotopic (exact) mass is 680 g/mol. The third-order valence-corrected chi connectivity index (χ3v) is 8.73. The Balaban J connectivity index is 1.33. The lowest BCUT2D eigenvalue weighted by Gasteiger charge is -2.54. The molecule has 3 fully saturated rings. The second-order valence-corrected chi connectivity index (χ2v) is 13.6. The van der Waals surface area contributed by atoms with E-state index in [-0.39, 0.29) is 28.4 Å². The van der Waals surface area contributed by atoms with Gasteiger partial charge in [-0.15, -0.1) is 5.10 Å². The fourth-order valence-corrected chi connectivity index (χ4v) is 6.32. The van der Waals surface area contributed by atoms with Gasteiger partial charge in [-0.2, -0.15) is 22.7 Å². The van der Waals surface area contributed by atoms with E-state index < -0.39 is 34.9 Å². The fourth-order valence-electron chi connectivity index (χ4n) is 6.10. The molecule has 3 saturated heterocycles. The lowest BCUT2D eigenvalue weighted by atomic mass is 9.78. The molecule has 5 heterocycles. The fraction of sp³-hybridized carbons (Fsp3) is 0.567. The summed E-state index contributed by atoms with van der Waals surface area (Å²) in [6, 6.07) is 2.68. The van der Waals surface area contributed by atoms with Gasteiger partial charge in [0.25, 0.3) is 5.56 Å². The van der Waals surface area contributed by atoms with Crippen LogP contribution in [0.4, 0.5) is 35.3 Å². The average molecular weight is 681 g/mol. The van der Waals surface area contributed by atoms with Gasteiger partial charge < -0.3 is 34.1 Å². The number of amides is 2. The lowest BCUT2D eigenvalue weighted by molar-refractivity contribution is -0.137. The number of benzene rings is 1. The molecule has 3 aliphatic rings. The van der Waals surface area contributed by atoms with E-state index >= 15 is 0 Å². The zero-order valence-electron chi connectivity index (χ0n) is 26.5. The Hall–Kier alpha value is -4.05. The van der Waals surface area contributed by atoms with Gasteiger partial charge in [0, 0.05) is 39.3 Å². The summed E-state index contributed by atoms with van der Waals surface area (Å²) in [6.07, 6.45) is -4.69. The second kappa shape index (κ2) is 11.9. The minimum Gasteiger partial charge on any atom is -0.444 e. The molecule has 1 N–H and O–H groups in total. The van der Waals surface area contributed by atoms with Gasteiger partial charge in [-0.05, 0) is 45.4 Å². The number of fused-ring (bicyclic) bond motifs is 1. The molecule has 6 rings (SSSR count). The molecule has 3 aromatic rings. The summed E-state index contributed by atoms with van der Waals surface area (Å²) in [7, 11) is 0. The van der Waals surface area contributed by atoms with Crippen LogP contribution in [0.25, 0.3) is 5.78 Å². The SMILES string of the molecule is CCc1c(N2CCN(C(=O)OC(C)(C)C)CC2)c(=O)n2nc(N3CC4(COC4)C3)nc2n1CC(=O)Nc1ccc(C(F)(F)F)cc1Cl. The molecular weight excluding hydrogens is 645 g/mol. The minimum absolute atomic E-state index is 0.00835. The highest BCUT2D eigenvalue weighted by Gasteiger charge is 2.50. The largest absolute Gasteiger partial charge is 0.444 e. The third kappa shape index (κ3) is 6.44.